The summed E-state index contributed by atoms with van der Waals surface area (Å²) in [5, 5.41) is 3.03. The number of carbonyl (C=O) groups excluding carboxylic acids is 1. The van der Waals surface area contributed by atoms with Gasteiger partial charge in [0.2, 0.25) is 0 Å². The topological polar surface area (TPSA) is 101 Å². The molecule has 6 nitrogen and oxygen atoms in total. The van der Waals surface area contributed by atoms with Crippen molar-refractivity contribution in [2.24, 2.45) is 5.84 Å². The molecule has 0 aliphatic carbocycles. The zero-order valence-corrected chi connectivity index (χ0v) is 12.0. The lowest BCUT2D eigenvalue weighted by atomic mass is 10.1. The lowest BCUT2D eigenvalue weighted by molar-refractivity contribution is 0.0954. The highest BCUT2D eigenvalue weighted by molar-refractivity contribution is 7.90. The Morgan fingerprint density at radius 1 is 1.42 bits per heavy atom. The smallest absolute Gasteiger partial charge is 0.253 e. The van der Waals surface area contributed by atoms with Crippen LogP contribution < -0.4 is 16.6 Å². The monoisotopic (exact) mass is 305 g/mol. The number of amides is 1. The van der Waals surface area contributed by atoms with Gasteiger partial charge in [0.05, 0.1) is 17.0 Å². The van der Waals surface area contributed by atoms with Crippen LogP contribution in [0.15, 0.2) is 18.2 Å². The third kappa shape index (κ3) is 5.46. The molecular formula is C11H16ClN3O3S. The molecule has 0 fully saturated rings. The molecule has 1 rings (SSSR count). The summed E-state index contributed by atoms with van der Waals surface area (Å²) >= 11 is 5.81. The molecule has 0 aliphatic rings. The zero-order chi connectivity index (χ0) is 14.5. The Morgan fingerprint density at radius 3 is 2.68 bits per heavy atom. The maximum absolute atomic E-state index is 11.9. The van der Waals surface area contributed by atoms with Gasteiger partial charge in [-0.1, -0.05) is 11.6 Å². The van der Waals surface area contributed by atoms with Gasteiger partial charge < -0.3 is 10.7 Å². The number of nitrogens with one attached hydrogen (secondary N) is 2. The van der Waals surface area contributed by atoms with E-state index in [2.05, 4.69) is 10.7 Å². The summed E-state index contributed by atoms with van der Waals surface area (Å²) in [6, 6.07) is 4.69. The van der Waals surface area contributed by atoms with Crippen LogP contribution in [0, 0.1) is 0 Å². The van der Waals surface area contributed by atoms with Crippen LogP contribution in [0.25, 0.3) is 0 Å². The third-order valence-corrected chi connectivity index (χ3v) is 3.62. The molecule has 0 spiro atoms. The molecule has 1 aromatic carbocycles. The SMILES string of the molecule is CS(=O)(=O)CCCNC(=O)c1cc(Cl)ccc1NN. The van der Waals surface area contributed by atoms with E-state index in [1.165, 1.54) is 6.07 Å². The minimum atomic E-state index is -3.01. The molecule has 0 aliphatic heterocycles. The third-order valence-electron chi connectivity index (χ3n) is 2.36. The molecule has 8 heteroatoms. The highest BCUT2D eigenvalue weighted by atomic mass is 35.5. The molecule has 0 saturated heterocycles. The number of halogens is 1. The van der Waals surface area contributed by atoms with Crippen molar-refractivity contribution in [1.29, 1.82) is 0 Å². The maximum atomic E-state index is 11.9. The average Bonchev–Trinajstić information content (AvgIpc) is 2.33. The molecular weight excluding hydrogens is 290 g/mol. The Morgan fingerprint density at radius 2 is 2.11 bits per heavy atom. The van der Waals surface area contributed by atoms with Crippen LogP contribution in [0.5, 0.6) is 0 Å². The van der Waals surface area contributed by atoms with Crippen molar-refractivity contribution in [3.05, 3.63) is 28.8 Å². The van der Waals surface area contributed by atoms with Gasteiger partial charge in [0, 0.05) is 17.8 Å². The van der Waals surface area contributed by atoms with Gasteiger partial charge in [-0.15, -0.1) is 0 Å². The standard InChI is InChI=1S/C11H16ClN3O3S/c1-19(17,18)6-2-5-14-11(16)9-7-8(12)3-4-10(9)15-13/h3-4,7,15H,2,5-6,13H2,1H3,(H,14,16). The summed E-state index contributed by atoms with van der Waals surface area (Å²) in [6.07, 6.45) is 1.51. The van der Waals surface area contributed by atoms with E-state index in [1.54, 1.807) is 12.1 Å². The predicted octanol–water partition coefficient (Wildman–Crippen LogP) is 0.790. The Hall–Kier alpha value is -1.31. The lowest BCUT2D eigenvalue weighted by Crippen LogP contribution is -2.27. The summed E-state index contributed by atoms with van der Waals surface area (Å²) in [7, 11) is -3.01. The second kappa shape index (κ2) is 6.74. The van der Waals surface area contributed by atoms with E-state index in [9.17, 15) is 13.2 Å². The van der Waals surface area contributed by atoms with Crippen molar-refractivity contribution in [1.82, 2.24) is 5.32 Å². The number of rotatable bonds is 6. The number of sulfone groups is 1. The first-order chi connectivity index (χ1) is 8.83. The fourth-order valence-corrected chi connectivity index (χ4v) is 2.30. The fourth-order valence-electron chi connectivity index (χ4n) is 1.46. The molecule has 0 atom stereocenters. The number of hydrogen-bond acceptors (Lipinski definition) is 5. The van der Waals surface area contributed by atoms with E-state index in [0.29, 0.717) is 22.7 Å². The molecule has 0 unspecified atom stereocenters. The molecule has 19 heavy (non-hydrogen) atoms. The van der Waals surface area contributed by atoms with Crippen LogP contribution >= 0.6 is 11.6 Å². The Labute approximate surface area is 117 Å². The number of nitrogen functional groups attached to an aromatic ring is 1. The van der Waals surface area contributed by atoms with Crippen LogP contribution in [-0.4, -0.2) is 32.9 Å². The van der Waals surface area contributed by atoms with Crippen molar-refractivity contribution in [3.63, 3.8) is 0 Å². The number of hydrazine groups is 1. The van der Waals surface area contributed by atoms with Crippen molar-refractivity contribution >= 4 is 33.0 Å². The summed E-state index contributed by atoms with van der Waals surface area (Å²) in [4.78, 5) is 11.9. The van der Waals surface area contributed by atoms with Gasteiger partial charge in [-0.05, 0) is 24.6 Å². The predicted molar refractivity (Wildman–Crippen MR) is 75.9 cm³/mol. The van der Waals surface area contributed by atoms with E-state index in [1.807, 2.05) is 0 Å². The second-order valence-corrected chi connectivity index (χ2v) is 6.77. The van der Waals surface area contributed by atoms with Crippen molar-refractivity contribution < 1.29 is 13.2 Å². The van der Waals surface area contributed by atoms with E-state index in [4.69, 9.17) is 17.4 Å². The summed E-state index contributed by atoms with van der Waals surface area (Å²) in [6.45, 7) is 0.266. The van der Waals surface area contributed by atoms with E-state index >= 15 is 0 Å². The fraction of sp³-hybridized carbons (Fsp3) is 0.364. The largest absolute Gasteiger partial charge is 0.352 e. The number of benzene rings is 1. The minimum absolute atomic E-state index is 0.0326. The molecule has 4 N–H and O–H groups in total. The Kier molecular flexibility index (Phi) is 5.59. The average molecular weight is 306 g/mol. The highest BCUT2D eigenvalue weighted by Crippen LogP contribution is 2.19. The molecule has 106 valence electrons. The molecule has 1 amide bonds. The van der Waals surface area contributed by atoms with Crippen molar-refractivity contribution in [2.75, 3.05) is 24.0 Å². The normalized spacial score (nSPS) is 11.1. The van der Waals surface area contributed by atoms with Gasteiger partial charge in [0.25, 0.3) is 5.91 Å². The molecule has 0 heterocycles. The van der Waals surface area contributed by atoms with Gasteiger partial charge in [-0.25, -0.2) is 8.42 Å². The van der Waals surface area contributed by atoms with Crippen LogP contribution in [0.2, 0.25) is 5.02 Å². The van der Waals surface area contributed by atoms with Gasteiger partial charge >= 0.3 is 0 Å². The Bertz CT molecular complexity index is 560. The number of hydrogen-bond donors (Lipinski definition) is 3. The van der Waals surface area contributed by atoms with Crippen LogP contribution in [0.1, 0.15) is 16.8 Å². The molecule has 0 bridgehead atoms. The zero-order valence-electron chi connectivity index (χ0n) is 10.4. The second-order valence-electron chi connectivity index (χ2n) is 4.07. The minimum Gasteiger partial charge on any atom is -0.352 e. The van der Waals surface area contributed by atoms with Gasteiger partial charge in [0.1, 0.15) is 9.84 Å². The quantitative estimate of drug-likeness (QED) is 0.410. The van der Waals surface area contributed by atoms with Crippen molar-refractivity contribution in [2.45, 2.75) is 6.42 Å². The molecule has 0 radical (unpaired) electrons. The Balaban J connectivity index is 2.61. The van der Waals surface area contributed by atoms with Gasteiger partial charge in [-0.2, -0.15) is 0 Å². The van der Waals surface area contributed by atoms with E-state index in [-0.39, 0.29) is 18.2 Å². The first-order valence-corrected chi connectivity index (χ1v) is 7.99. The number of anilines is 1. The first-order valence-electron chi connectivity index (χ1n) is 5.55. The molecule has 0 saturated carbocycles. The van der Waals surface area contributed by atoms with Crippen LogP contribution in [-0.2, 0) is 9.84 Å². The van der Waals surface area contributed by atoms with Crippen LogP contribution in [0.3, 0.4) is 0 Å². The van der Waals surface area contributed by atoms with Gasteiger partial charge in [-0.3, -0.25) is 10.6 Å². The summed E-state index contributed by atoms with van der Waals surface area (Å²) < 4.78 is 21.9. The number of carbonyl (C=O) groups is 1. The van der Waals surface area contributed by atoms with Crippen molar-refractivity contribution in [3.8, 4) is 0 Å². The van der Waals surface area contributed by atoms with E-state index < -0.39 is 9.84 Å². The number of nitrogens with two attached hydrogens (primary N) is 1. The van der Waals surface area contributed by atoms with Crippen LogP contribution in [0.4, 0.5) is 5.69 Å². The van der Waals surface area contributed by atoms with E-state index in [0.717, 1.165) is 6.26 Å². The molecule has 0 aromatic heterocycles. The van der Waals surface area contributed by atoms with Gasteiger partial charge in [0.15, 0.2) is 0 Å². The summed E-state index contributed by atoms with van der Waals surface area (Å²) in [5.41, 5.74) is 3.17. The molecule has 1 aromatic rings. The lowest BCUT2D eigenvalue weighted by Gasteiger charge is -2.10. The maximum Gasteiger partial charge on any atom is 0.253 e. The highest BCUT2D eigenvalue weighted by Gasteiger charge is 2.11. The first kappa shape index (κ1) is 15.7. The summed E-state index contributed by atoms with van der Waals surface area (Å²) in [5.74, 6) is 4.97.